The number of hydrogen-bond acceptors (Lipinski definition) is 8. The van der Waals surface area contributed by atoms with Crippen LogP contribution in [0, 0.1) is 12.7 Å². The molecule has 0 bridgehead atoms. The van der Waals surface area contributed by atoms with E-state index in [4.69, 9.17) is 4.42 Å². The standard InChI is InChI=1S/C20H21FN6O5/c1-10(2)27-17(24-25-26-27)14-6-5-12(7-16(14)21)23-19(29)18(28)22-9-13-8-15(11(3)32-13)20(30)31-4/h5-8,10H,9H2,1-4H3,(H,22,28)(H,23,29). The van der Waals surface area contributed by atoms with Gasteiger partial charge in [-0.05, 0) is 55.5 Å². The van der Waals surface area contributed by atoms with Gasteiger partial charge in [0.1, 0.15) is 22.9 Å². The van der Waals surface area contributed by atoms with Crippen LogP contribution in [-0.2, 0) is 20.9 Å². The van der Waals surface area contributed by atoms with E-state index >= 15 is 0 Å². The maximum atomic E-state index is 14.6. The first-order chi connectivity index (χ1) is 15.2. The van der Waals surface area contributed by atoms with Gasteiger partial charge in [0.15, 0.2) is 5.82 Å². The van der Waals surface area contributed by atoms with E-state index in [1.165, 1.54) is 30.0 Å². The number of tetrazole rings is 1. The number of benzene rings is 1. The summed E-state index contributed by atoms with van der Waals surface area (Å²) in [7, 11) is 1.24. The van der Waals surface area contributed by atoms with Crippen LogP contribution in [0.5, 0.6) is 0 Å². The maximum absolute atomic E-state index is 14.6. The number of nitrogens with zero attached hydrogens (tertiary/aromatic N) is 4. The number of rotatable bonds is 6. The molecule has 0 unspecified atom stereocenters. The number of methoxy groups -OCH3 is 1. The van der Waals surface area contributed by atoms with Crippen LogP contribution < -0.4 is 10.6 Å². The number of anilines is 1. The van der Waals surface area contributed by atoms with Crippen LogP contribution >= 0.6 is 0 Å². The Kier molecular flexibility index (Phi) is 6.61. The predicted molar refractivity (Wildman–Crippen MR) is 109 cm³/mol. The van der Waals surface area contributed by atoms with Gasteiger partial charge in [0.2, 0.25) is 0 Å². The number of hydrogen-bond donors (Lipinski definition) is 2. The molecule has 32 heavy (non-hydrogen) atoms. The molecule has 12 heteroatoms. The quantitative estimate of drug-likeness (QED) is 0.434. The molecule has 0 aliphatic rings. The van der Waals surface area contributed by atoms with Gasteiger partial charge in [0.05, 0.1) is 25.3 Å². The van der Waals surface area contributed by atoms with Crippen LogP contribution in [0.25, 0.3) is 11.4 Å². The van der Waals surface area contributed by atoms with E-state index in [9.17, 15) is 18.8 Å². The van der Waals surface area contributed by atoms with Gasteiger partial charge < -0.3 is 19.8 Å². The lowest BCUT2D eigenvalue weighted by molar-refractivity contribution is -0.136. The van der Waals surface area contributed by atoms with Gasteiger partial charge in [-0.15, -0.1) is 5.10 Å². The summed E-state index contributed by atoms with van der Waals surface area (Å²) in [5.41, 5.74) is 0.456. The Labute approximate surface area is 181 Å². The molecule has 0 saturated carbocycles. The summed E-state index contributed by atoms with van der Waals surface area (Å²) in [5, 5.41) is 15.9. The van der Waals surface area contributed by atoms with Crippen LogP contribution in [0.1, 0.15) is 41.8 Å². The number of furan rings is 1. The smallest absolute Gasteiger partial charge is 0.341 e. The molecule has 3 rings (SSSR count). The monoisotopic (exact) mass is 444 g/mol. The van der Waals surface area contributed by atoms with Gasteiger partial charge in [-0.3, -0.25) is 9.59 Å². The molecule has 0 atom stereocenters. The van der Waals surface area contributed by atoms with Crippen molar-refractivity contribution in [1.29, 1.82) is 0 Å². The number of nitrogens with one attached hydrogen (secondary N) is 2. The zero-order valence-corrected chi connectivity index (χ0v) is 17.8. The van der Waals surface area contributed by atoms with Crippen molar-refractivity contribution in [1.82, 2.24) is 25.5 Å². The summed E-state index contributed by atoms with van der Waals surface area (Å²) in [6, 6.07) is 5.25. The molecule has 1 aromatic carbocycles. The number of esters is 1. The first kappa shape index (κ1) is 22.6. The van der Waals surface area contributed by atoms with Gasteiger partial charge in [-0.25, -0.2) is 13.9 Å². The first-order valence-electron chi connectivity index (χ1n) is 9.55. The fourth-order valence-electron chi connectivity index (χ4n) is 2.87. The van der Waals surface area contributed by atoms with Crippen molar-refractivity contribution in [2.45, 2.75) is 33.4 Å². The molecule has 0 spiro atoms. The summed E-state index contributed by atoms with van der Waals surface area (Å²) in [5.74, 6) is -2.37. The molecular formula is C20H21FN6O5. The molecule has 2 N–H and O–H groups in total. The Balaban J connectivity index is 1.63. The van der Waals surface area contributed by atoms with E-state index in [0.29, 0.717) is 5.76 Å². The third-order valence-electron chi connectivity index (χ3n) is 4.45. The van der Waals surface area contributed by atoms with E-state index in [1.807, 2.05) is 13.8 Å². The Bertz CT molecular complexity index is 1170. The van der Waals surface area contributed by atoms with Crippen molar-refractivity contribution >= 4 is 23.5 Å². The van der Waals surface area contributed by atoms with Crippen molar-refractivity contribution in [3.05, 3.63) is 47.2 Å². The predicted octanol–water partition coefficient (Wildman–Crippen LogP) is 2.00. The maximum Gasteiger partial charge on any atom is 0.341 e. The Hall–Kier alpha value is -4.09. The highest BCUT2D eigenvalue weighted by Gasteiger charge is 2.20. The van der Waals surface area contributed by atoms with Crippen molar-refractivity contribution in [3.8, 4) is 11.4 Å². The van der Waals surface area contributed by atoms with Crippen LogP contribution in [0.2, 0.25) is 0 Å². The highest BCUT2D eigenvalue weighted by atomic mass is 19.1. The summed E-state index contributed by atoms with van der Waals surface area (Å²) in [6.45, 7) is 5.15. The minimum atomic E-state index is -0.999. The van der Waals surface area contributed by atoms with Crippen LogP contribution in [-0.4, -0.2) is 45.1 Å². The van der Waals surface area contributed by atoms with Crippen molar-refractivity contribution < 1.29 is 27.9 Å². The summed E-state index contributed by atoms with van der Waals surface area (Å²) in [6.07, 6.45) is 0. The third-order valence-corrected chi connectivity index (χ3v) is 4.45. The second kappa shape index (κ2) is 9.37. The minimum absolute atomic E-state index is 0.0795. The lowest BCUT2D eigenvalue weighted by Gasteiger charge is -2.10. The number of carbonyl (C=O) groups is 3. The molecule has 0 aliphatic heterocycles. The molecule has 2 amide bonds. The number of aryl methyl sites for hydroxylation is 1. The highest BCUT2D eigenvalue weighted by Crippen LogP contribution is 2.25. The molecular weight excluding hydrogens is 423 g/mol. The minimum Gasteiger partial charge on any atom is -0.465 e. The molecule has 3 aromatic rings. The van der Waals surface area contributed by atoms with Gasteiger partial charge in [0, 0.05) is 5.69 Å². The number of amides is 2. The second-order valence-corrected chi connectivity index (χ2v) is 7.05. The van der Waals surface area contributed by atoms with Gasteiger partial charge >= 0.3 is 17.8 Å². The molecule has 2 aromatic heterocycles. The van der Waals surface area contributed by atoms with Gasteiger partial charge in [0.25, 0.3) is 0 Å². The van der Waals surface area contributed by atoms with Crippen molar-refractivity contribution in [2.24, 2.45) is 0 Å². The summed E-state index contributed by atoms with van der Waals surface area (Å²) in [4.78, 5) is 35.8. The average Bonchev–Trinajstić information content (AvgIpc) is 3.38. The first-order valence-corrected chi connectivity index (χ1v) is 9.55. The lowest BCUT2D eigenvalue weighted by Crippen LogP contribution is -2.34. The summed E-state index contributed by atoms with van der Waals surface area (Å²) >= 11 is 0. The second-order valence-electron chi connectivity index (χ2n) is 7.05. The van der Waals surface area contributed by atoms with Crippen molar-refractivity contribution in [3.63, 3.8) is 0 Å². The number of halogens is 1. The van der Waals surface area contributed by atoms with Gasteiger partial charge in [-0.2, -0.15) is 0 Å². The van der Waals surface area contributed by atoms with Crippen molar-refractivity contribution in [2.75, 3.05) is 12.4 Å². The number of aromatic nitrogens is 4. The topological polar surface area (TPSA) is 141 Å². The number of ether oxygens (including phenoxy) is 1. The average molecular weight is 444 g/mol. The molecule has 0 aliphatic carbocycles. The fourth-order valence-corrected chi connectivity index (χ4v) is 2.87. The largest absolute Gasteiger partial charge is 0.465 e. The van der Waals surface area contributed by atoms with E-state index in [-0.39, 0.29) is 41.0 Å². The molecule has 2 heterocycles. The van der Waals surface area contributed by atoms with E-state index < -0.39 is 23.6 Å². The molecule has 168 valence electrons. The third kappa shape index (κ3) is 4.79. The molecule has 0 saturated heterocycles. The zero-order valence-electron chi connectivity index (χ0n) is 17.8. The molecule has 0 radical (unpaired) electrons. The van der Waals surface area contributed by atoms with Crippen LogP contribution in [0.3, 0.4) is 0 Å². The molecule has 0 fully saturated rings. The fraction of sp³-hybridized carbons (Fsp3) is 0.300. The SMILES string of the molecule is COC(=O)c1cc(CNC(=O)C(=O)Nc2ccc(-c3nnnn3C(C)C)c(F)c2)oc1C. The Morgan fingerprint density at radius 1 is 1.22 bits per heavy atom. The number of carbonyl (C=O) groups excluding carboxylic acids is 3. The highest BCUT2D eigenvalue weighted by molar-refractivity contribution is 6.39. The zero-order chi connectivity index (χ0) is 23.4. The summed E-state index contributed by atoms with van der Waals surface area (Å²) < 4.78 is 26.1. The lowest BCUT2D eigenvalue weighted by atomic mass is 10.1. The Morgan fingerprint density at radius 3 is 2.62 bits per heavy atom. The normalized spacial score (nSPS) is 10.8. The molecule has 11 nitrogen and oxygen atoms in total. The van der Waals surface area contributed by atoms with Crippen LogP contribution in [0.4, 0.5) is 10.1 Å². The van der Waals surface area contributed by atoms with Gasteiger partial charge in [-0.1, -0.05) is 0 Å². The van der Waals surface area contributed by atoms with E-state index in [2.05, 4.69) is 30.9 Å². The van der Waals surface area contributed by atoms with Crippen LogP contribution in [0.15, 0.2) is 28.7 Å². The van der Waals surface area contributed by atoms with E-state index in [1.54, 1.807) is 6.92 Å². The Morgan fingerprint density at radius 2 is 1.97 bits per heavy atom. The van der Waals surface area contributed by atoms with E-state index in [0.717, 1.165) is 6.07 Å².